The molecule has 1 aromatic carbocycles. The molecule has 2 heterocycles. The van der Waals surface area contributed by atoms with E-state index in [4.69, 9.17) is 18.9 Å². The number of hydrogen-bond donors (Lipinski definition) is 2. The van der Waals surface area contributed by atoms with Gasteiger partial charge in [-0.25, -0.2) is 4.79 Å². The molecular weight excluding hydrogens is 450 g/mol. The summed E-state index contributed by atoms with van der Waals surface area (Å²) in [4.78, 5) is 15.4. The van der Waals surface area contributed by atoms with E-state index in [0.29, 0.717) is 30.9 Å². The van der Waals surface area contributed by atoms with Crippen molar-refractivity contribution in [3.63, 3.8) is 0 Å². The number of fused-ring (bicyclic) bond motifs is 2. The Balaban J connectivity index is 1.90. The Morgan fingerprint density at radius 1 is 1.31 bits per heavy atom. The van der Waals surface area contributed by atoms with Crippen LogP contribution in [0, 0.1) is 0 Å². The summed E-state index contributed by atoms with van der Waals surface area (Å²) in [5.41, 5.74) is 1.33. The number of nitrogens with zero attached hydrogens (tertiary/aromatic N) is 1. The third kappa shape index (κ3) is 7.12. The first kappa shape index (κ1) is 27.3. The normalized spacial score (nSPS) is 20.1. The number of hydrogen-bond acceptors (Lipinski definition) is 8. The molecule has 196 valence electrons. The number of methoxy groups -OCH3 is 1. The molecule has 35 heavy (non-hydrogen) atoms. The Hall–Kier alpha value is -2.29. The fourth-order valence-corrected chi connectivity index (χ4v) is 4.87. The van der Waals surface area contributed by atoms with Crippen LogP contribution in [0.4, 0.5) is 0 Å². The molecule has 0 saturated heterocycles. The van der Waals surface area contributed by atoms with Crippen molar-refractivity contribution in [1.29, 1.82) is 0 Å². The molecule has 0 fully saturated rings. The van der Waals surface area contributed by atoms with E-state index in [1.165, 1.54) is 0 Å². The topological polar surface area (TPSA) is 97.7 Å². The summed E-state index contributed by atoms with van der Waals surface area (Å²) in [5.74, 6) is 1.06. The molecule has 0 spiro atoms. The van der Waals surface area contributed by atoms with Gasteiger partial charge >= 0.3 is 5.97 Å². The van der Waals surface area contributed by atoms with Gasteiger partial charge in [-0.1, -0.05) is 6.92 Å². The zero-order valence-electron chi connectivity index (χ0n) is 21.7. The van der Waals surface area contributed by atoms with Crippen molar-refractivity contribution in [2.75, 3.05) is 33.5 Å². The fraction of sp³-hybridized carbons (Fsp3) is 0.667. The monoisotopic (exact) mass is 491 g/mol. The van der Waals surface area contributed by atoms with Crippen LogP contribution in [0.25, 0.3) is 0 Å². The summed E-state index contributed by atoms with van der Waals surface area (Å²) in [5, 5.41) is 20.5. The summed E-state index contributed by atoms with van der Waals surface area (Å²) in [7, 11) is 1.57. The summed E-state index contributed by atoms with van der Waals surface area (Å²) in [6.07, 6.45) is 2.88. The molecule has 8 heteroatoms. The van der Waals surface area contributed by atoms with Gasteiger partial charge in [-0.05, 0) is 88.8 Å². The minimum absolute atomic E-state index is 0.193. The highest BCUT2D eigenvalue weighted by molar-refractivity contribution is 5.74. The maximum absolute atomic E-state index is 13.0. The molecule has 8 nitrogen and oxygen atoms in total. The van der Waals surface area contributed by atoms with Gasteiger partial charge in [0.05, 0.1) is 12.7 Å². The van der Waals surface area contributed by atoms with Crippen LogP contribution in [0.2, 0.25) is 0 Å². The summed E-state index contributed by atoms with van der Waals surface area (Å²) < 4.78 is 22.9. The van der Waals surface area contributed by atoms with Gasteiger partial charge in [-0.3, -0.25) is 0 Å². The number of ether oxygens (including phenoxy) is 4. The summed E-state index contributed by atoms with van der Waals surface area (Å²) in [6.45, 7) is 10.1. The quantitative estimate of drug-likeness (QED) is 0.358. The van der Waals surface area contributed by atoms with Crippen LogP contribution in [0.15, 0.2) is 24.0 Å². The number of esters is 1. The highest BCUT2D eigenvalue weighted by Crippen LogP contribution is 2.41. The minimum atomic E-state index is -1.27. The van der Waals surface area contributed by atoms with Crippen LogP contribution in [-0.2, 0) is 20.7 Å². The first-order chi connectivity index (χ1) is 16.7. The zero-order valence-corrected chi connectivity index (χ0v) is 21.7. The van der Waals surface area contributed by atoms with Crippen LogP contribution in [0.5, 0.6) is 11.5 Å². The summed E-state index contributed by atoms with van der Waals surface area (Å²) >= 11 is 0. The lowest BCUT2D eigenvalue weighted by Gasteiger charge is -2.32. The highest BCUT2D eigenvalue weighted by atomic mass is 16.7. The lowest BCUT2D eigenvalue weighted by atomic mass is 9.87. The predicted molar refractivity (Wildman–Crippen MR) is 133 cm³/mol. The molecule has 2 unspecified atom stereocenters. The molecular formula is C27H41NO7. The Morgan fingerprint density at radius 2 is 2.03 bits per heavy atom. The van der Waals surface area contributed by atoms with Crippen LogP contribution in [0.3, 0.4) is 0 Å². The van der Waals surface area contributed by atoms with E-state index in [-0.39, 0.29) is 19.1 Å². The molecule has 2 N–H and O–H groups in total. The SMILES string of the molecule is C/C=C(/OC)[C@@H](OC(=O)C(O)CCCC(C)(C)O)C1CN(CCC)CCc2cc3c(cc21)OCO3. The van der Waals surface area contributed by atoms with E-state index in [1.807, 2.05) is 19.1 Å². The Bertz CT molecular complexity index is 892. The van der Waals surface area contributed by atoms with E-state index < -0.39 is 23.8 Å². The van der Waals surface area contributed by atoms with E-state index in [0.717, 1.165) is 42.8 Å². The third-order valence-electron chi connectivity index (χ3n) is 6.67. The molecule has 2 aliphatic heterocycles. The Labute approximate surface area is 208 Å². The molecule has 0 radical (unpaired) electrons. The largest absolute Gasteiger partial charge is 0.497 e. The lowest BCUT2D eigenvalue weighted by molar-refractivity contribution is -0.161. The second-order valence-electron chi connectivity index (χ2n) is 10.0. The van der Waals surface area contributed by atoms with Gasteiger partial charge in [0.15, 0.2) is 23.7 Å². The van der Waals surface area contributed by atoms with E-state index in [9.17, 15) is 15.0 Å². The predicted octanol–water partition coefficient (Wildman–Crippen LogP) is 3.53. The number of aliphatic hydroxyl groups excluding tert-OH is 1. The van der Waals surface area contributed by atoms with Gasteiger partial charge in [0.2, 0.25) is 6.79 Å². The molecule has 3 atom stereocenters. The first-order valence-corrected chi connectivity index (χ1v) is 12.6. The van der Waals surface area contributed by atoms with Crippen LogP contribution in [-0.4, -0.2) is 72.4 Å². The zero-order chi connectivity index (χ0) is 25.6. The molecule has 3 rings (SSSR count). The number of carbonyl (C=O) groups is 1. The van der Waals surface area contributed by atoms with Crippen molar-refractivity contribution in [2.45, 2.75) is 83.5 Å². The standard InChI is InChI=1S/C27H41NO7/c1-6-12-28-13-10-18-14-23-24(34-17-33-23)15-19(18)20(16-28)25(22(7-2)32-5)35-26(30)21(29)9-8-11-27(3,4)31/h7,14-15,20-21,25,29,31H,6,8-13,16-17H2,1-5H3/b22-7+/t20?,21?,25-/m0/s1. The van der Waals surface area contributed by atoms with Crippen molar-refractivity contribution in [3.8, 4) is 11.5 Å². The van der Waals surface area contributed by atoms with Crippen molar-refractivity contribution < 1.29 is 34.0 Å². The lowest BCUT2D eigenvalue weighted by Crippen LogP contribution is -2.39. The van der Waals surface area contributed by atoms with Crippen molar-refractivity contribution in [2.24, 2.45) is 0 Å². The van der Waals surface area contributed by atoms with E-state index in [1.54, 1.807) is 27.0 Å². The van der Waals surface area contributed by atoms with Crippen LogP contribution >= 0.6 is 0 Å². The van der Waals surface area contributed by atoms with Gasteiger partial charge in [-0.15, -0.1) is 0 Å². The number of aliphatic hydroxyl groups is 2. The summed E-state index contributed by atoms with van der Waals surface area (Å²) in [6, 6.07) is 4.04. The maximum Gasteiger partial charge on any atom is 0.335 e. The second-order valence-corrected chi connectivity index (χ2v) is 10.0. The third-order valence-corrected chi connectivity index (χ3v) is 6.67. The van der Waals surface area contributed by atoms with E-state index in [2.05, 4.69) is 11.8 Å². The molecule has 0 saturated carbocycles. The van der Waals surface area contributed by atoms with Gasteiger partial charge in [0.25, 0.3) is 0 Å². The fourth-order valence-electron chi connectivity index (χ4n) is 4.87. The van der Waals surface area contributed by atoms with Crippen molar-refractivity contribution >= 4 is 5.97 Å². The number of rotatable bonds is 11. The molecule has 0 aliphatic carbocycles. The maximum atomic E-state index is 13.0. The smallest absolute Gasteiger partial charge is 0.335 e. The van der Waals surface area contributed by atoms with Gasteiger partial charge in [0.1, 0.15) is 5.76 Å². The van der Waals surface area contributed by atoms with E-state index >= 15 is 0 Å². The van der Waals surface area contributed by atoms with Gasteiger partial charge < -0.3 is 34.1 Å². The average molecular weight is 492 g/mol. The molecule has 1 aromatic rings. The highest BCUT2D eigenvalue weighted by Gasteiger charge is 2.37. The van der Waals surface area contributed by atoms with Gasteiger partial charge in [-0.2, -0.15) is 0 Å². The van der Waals surface area contributed by atoms with Crippen molar-refractivity contribution in [3.05, 3.63) is 35.1 Å². The van der Waals surface area contributed by atoms with Crippen molar-refractivity contribution in [1.82, 2.24) is 4.90 Å². The number of carbonyl (C=O) groups excluding carboxylic acids is 1. The van der Waals surface area contributed by atoms with Crippen LogP contribution in [0.1, 0.15) is 70.4 Å². The molecule has 2 aliphatic rings. The average Bonchev–Trinajstić information content (AvgIpc) is 3.19. The molecule has 0 aromatic heterocycles. The second kappa shape index (κ2) is 12.1. The minimum Gasteiger partial charge on any atom is -0.497 e. The molecule has 0 amide bonds. The molecule has 0 bridgehead atoms. The Morgan fingerprint density at radius 3 is 2.66 bits per heavy atom. The Kier molecular flexibility index (Phi) is 9.44. The van der Waals surface area contributed by atoms with Crippen LogP contribution < -0.4 is 9.47 Å². The van der Waals surface area contributed by atoms with Gasteiger partial charge in [0, 0.05) is 19.0 Å². The number of benzene rings is 1. The first-order valence-electron chi connectivity index (χ1n) is 12.6. The number of allylic oxidation sites excluding steroid dienone is 1.